The number of halogens is 1. The lowest BCUT2D eigenvalue weighted by atomic mass is 10.2. The first-order valence-electron chi connectivity index (χ1n) is 10.5. The van der Waals surface area contributed by atoms with E-state index in [1.807, 2.05) is 35.0 Å². The van der Waals surface area contributed by atoms with Crippen molar-refractivity contribution in [3.8, 4) is 0 Å². The molecule has 0 bridgehead atoms. The van der Waals surface area contributed by atoms with Gasteiger partial charge in [-0.15, -0.1) is 0 Å². The summed E-state index contributed by atoms with van der Waals surface area (Å²) in [5.74, 6) is -0.126. The molecule has 1 aromatic heterocycles. The molecule has 3 aromatic rings. The van der Waals surface area contributed by atoms with E-state index in [0.29, 0.717) is 29.6 Å². The third kappa shape index (κ3) is 5.11. The fraction of sp³-hybridized carbons (Fsp3) is 0.348. The van der Waals surface area contributed by atoms with Gasteiger partial charge in [-0.3, -0.25) is 4.79 Å². The molecule has 0 spiro atoms. The van der Waals surface area contributed by atoms with E-state index < -0.39 is 10.0 Å². The van der Waals surface area contributed by atoms with Gasteiger partial charge in [0.2, 0.25) is 15.9 Å². The Labute approximate surface area is 187 Å². The normalized spacial score (nSPS) is 15.6. The van der Waals surface area contributed by atoms with Crippen LogP contribution in [0.1, 0.15) is 31.2 Å². The molecular weight excluding hydrogens is 434 g/mol. The van der Waals surface area contributed by atoms with Gasteiger partial charge >= 0.3 is 0 Å². The van der Waals surface area contributed by atoms with Crippen LogP contribution >= 0.6 is 11.6 Å². The third-order valence-electron chi connectivity index (χ3n) is 5.64. The average Bonchev–Trinajstić information content (AvgIpc) is 2.96. The van der Waals surface area contributed by atoms with Gasteiger partial charge in [-0.2, -0.15) is 4.31 Å². The van der Waals surface area contributed by atoms with Crippen molar-refractivity contribution in [1.82, 2.24) is 14.2 Å². The molecule has 0 saturated carbocycles. The number of nitrogens with zero attached hydrogens (tertiary/aromatic N) is 2. The van der Waals surface area contributed by atoms with Crippen molar-refractivity contribution >= 4 is 38.4 Å². The molecule has 1 saturated heterocycles. The van der Waals surface area contributed by atoms with Crippen molar-refractivity contribution in [1.29, 1.82) is 0 Å². The van der Waals surface area contributed by atoms with Gasteiger partial charge < -0.3 is 9.88 Å². The van der Waals surface area contributed by atoms with Gasteiger partial charge in [0.25, 0.3) is 0 Å². The smallest absolute Gasteiger partial charge is 0.243 e. The van der Waals surface area contributed by atoms with Gasteiger partial charge in [0.1, 0.15) is 6.54 Å². The Hall–Kier alpha value is -2.35. The first-order valence-corrected chi connectivity index (χ1v) is 12.4. The molecule has 4 rings (SSSR count). The molecule has 2 aromatic carbocycles. The van der Waals surface area contributed by atoms with Crippen LogP contribution in [0.4, 0.5) is 0 Å². The standard InChI is InChI=1S/C23H26ClN3O3S/c24-20-7-5-6-18(14-20)16-25-23(28)17-26-13-10-19-15-21(8-9-22(19)26)31(29,30)27-11-3-1-2-4-12-27/h5-10,13-15H,1-4,11-12,16-17H2,(H,25,28). The molecule has 0 aliphatic carbocycles. The number of rotatable bonds is 6. The van der Waals surface area contributed by atoms with Crippen LogP contribution in [0, 0.1) is 0 Å². The lowest BCUT2D eigenvalue weighted by Gasteiger charge is -2.20. The minimum absolute atomic E-state index is 0.126. The summed E-state index contributed by atoms with van der Waals surface area (Å²) >= 11 is 5.98. The zero-order valence-corrected chi connectivity index (χ0v) is 18.8. The molecule has 0 atom stereocenters. The Kier molecular flexibility index (Phi) is 6.65. The third-order valence-corrected chi connectivity index (χ3v) is 7.77. The highest BCUT2D eigenvalue weighted by Gasteiger charge is 2.25. The van der Waals surface area contributed by atoms with E-state index in [0.717, 1.165) is 42.1 Å². The van der Waals surface area contributed by atoms with Gasteiger partial charge in [0.15, 0.2) is 0 Å². The van der Waals surface area contributed by atoms with Crippen LogP contribution in [0.2, 0.25) is 5.02 Å². The summed E-state index contributed by atoms with van der Waals surface area (Å²) in [6.07, 6.45) is 5.77. The number of carbonyl (C=O) groups excluding carboxylic acids is 1. The first-order chi connectivity index (χ1) is 14.9. The minimum atomic E-state index is -3.50. The molecule has 1 aliphatic rings. The Bertz CT molecular complexity index is 1180. The molecule has 1 fully saturated rings. The Morgan fingerprint density at radius 1 is 1.00 bits per heavy atom. The number of carbonyl (C=O) groups is 1. The number of aromatic nitrogens is 1. The number of hydrogen-bond acceptors (Lipinski definition) is 3. The Morgan fingerprint density at radius 3 is 2.52 bits per heavy atom. The van der Waals surface area contributed by atoms with Crippen molar-refractivity contribution in [3.05, 3.63) is 65.3 Å². The van der Waals surface area contributed by atoms with Crippen LogP contribution in [-0.4, -0.2) is 36.3 Å². The first kappa shape index (κ1) is 21.9. The lowest BCUT2D eigenvalue weighted by Crippen LogP contribution is -2.31. The van der Waals surface area contributed by atoms with Gasteiger partial charge in [-0.05, 0) is 54.8 Å². The number of hydrogen-bond donors (Lipinski definition) is 1. The van der Waals surface area contributed by atoms with Crippen molar-refractivity contribution in [2.75, 3.05) is 13.1 Å². The maximum Gasteiger partial charge on any atom is 0.243 e. The minimum Gasteiger partial charge on any atom is -0.350 e. The van der Waals surface area contributed by atoms with Crippen LogP contribution < -0.4 is 5.32 Å². The maximum absolute atomic E-state index is 13.1. The van der Waals surface area contributed by atoms with E-state index >= 15 is 0 Å². The maximum atomic E-state index is 13.1. The average molecular weight is 460 g/mol. The van der Waals surface area contributed by atoms with Crippen molar-refractivity contribution in [2.45, 2.75) is 43.7 Å². The molecule has 164 valence electrons. The summed E-state index contributed by atoms with van der Waals surface area (Å²) in [6, 6.07) is 14.3. The van der Waals surface area contributed by atoms with E-state index in [4.69, 9.17) is 11.6 Å². The molecule has 6 nitrogen and oxygen atoms in total. The number of fused-ring (bicyclic) bond motifs is 1. The molecule has 0 radical (unpaired) electrons. The van der Waals surface area contributed by atoms with E-state index in [-0.39, 0.29) is 12.5 Å². The molecule has 1 amide bonds. The zero-order valence-electron chi connectivity index (χ0n) is 17.3. The Balaban J connectivity index is 1.46. The summed E-state index contributed by atoms with van der Waals surface area (Å²) in [5, 5.41) is 4.33. The van der Waals surface area contributed by atoms with Crippen LogP contribution in [0.15, 0.2) is 59.6 Å². The predicted molar refractivity (Wildman–Crippen MR) is 122 cm³/mol. The number of benzene rings is 2. The quantitative estimate of drug-likeness (QED) is 0.601. The van der Waals surface area contributed by atoms with Crippen LogP contribution in [0.5, 0.6) is 0 Å². The highest BCUT2D eigenvalue weighted by molar-refractivity contribution is 7.89. The fourth-order valence-electron chi connectivity index (χ4n) is 3.97. The van der Waals surface area contributed by atoms with Crippen LogP contribution in [0.25, 0.3) is 10.9 Å². The molecular formula is C23H26ClN3O3S. The zero-order chi connectivity index (χ0) is 21.8. The van der Waals surface area contributed by atoms with E-state index in [9.17, 15) is 13.2 Å². The highest BCUT2D eigenvalue weighted by Crippen LogP contribution is 2.25. The molecule has 8 heteroatoms. The van der Waals surface area contributed by atoms with E-state index in [1.165, 1.54) is 0 Å². The molecule has 2 heterocycles. The number of nitrogens with one attached hydrogen (secondary N) is 1. The lowest BCUT2D eigenvalue weighted by molar-refractivity contribution is -0.121. The van der Waals surface area contributed by atoms with E-state index in [2.05, 4.69) is 5.32 Å². The summed E-state index contributed by atoms with van der Waals surface area (Å²) < 4.78 is 29.5. The molecule has 1 aliphatic heterocycles. The largest absolute Gasteiger partial charge is 0.350 e. The Morgan fingerprint density at radius 2 is 1.77 bits per heavy atom. The summed E-state index contributed by atoms with van der Waals surface area (Å²) in [5.41, 5.74) is 1.76. The monoisotopic (exact) mass is 459 g/mol. The number of amides is 1. The van der Waals surface area contributed by atoms with Crippen molar-refractivity contribution in [3.63, 3.8) is 0 Å². The summed E-state index contributed by atoms with van der Waals surface area (Å²) in [4.78, 5) is 12.7. The summed E-state index contributed by atoms with van der Waals surface area (Å²) in [6.45, 7) is 1.71. The molecule has 1 N–H and O–H groups in total. The predicted octanol–water partition coefficient (Wildman–Crippen LogP) is 4.18. The second-order valence-corrected chi connectivity index (χ2v) is 10.3. The topological polar surface area (TPSA) is 71.4 Å². The van der Waals surface area contributed by atoms with Crippen molar-refractivity contribution < 1.29 is 13.2 Å². The van der Waals surface area contributed by atoms with Crippen LogP contribution in [0.3, 0.4) is 0 Å². The number of sulfonamides is 1. The molecule has 31 heavy (non-hydrogen) atoms. The van der Waals surface area contributed by atoms with E-state index in [1.54, 1.807) is 28.6 Å². The second kappa shape index (κ2) is 9.42. The highest BCUT2D eigenvalue weighted by atomic mass is 35.5. The summed E-state index contributed by atoms with van der Waals surface area (Å²) in [7, 11) is -3.50. The van der Waals surface area contributed by atoms with Gasteiger partial charge in [0, 0.05) is 41.8 Å². The van der Waals surface area contributed by atoms with Crippen LogP contribution in [-0.2, 0) is 27.9 Å². The van der Waals surface area contributed by atoms with Gasteiger partial charge in [0.05, 0.1) is 4.90 Å². The SMILES string of the molecule is O=C(Cn1ccc2cc(S(=O)(=O)N3CCCCCC3)ccc21)NCc1cccc(Cl)c1. The van der Waals surface area contributed by atoms with Crippen molar-refractivity contribution in [2.24, 2.45) is 0 Å². The van der Waals surface area contributed by atoms with Gasteiger partial charge in [-0.1, -0.05) is 36.6 Å². The van der Waals surface area contributed by atoms with Gasteiger partial charge in [-0.25, -0.2) is 8.42 Å². The second-order valence-electron chi connectivity index (χ2n) is 7.89. The fourth-order valence-corrected chi connectivity index (χ4v) is 5.73. The molecule has 0 unspecified atom stereocenters.